The van der Waals surface area contributed by atoms with Gasteiger partial charge in [-0.3, -0.25) is 0 Å². The fraction of sp³-hybridized carbons (Fsp3) is 0.231. The van der Waals surface area contributed by atoms with Crippen molar-refractivity contribution < 1.29 is 13.5 Å². The van der Waals surface area contributed by atoms with Gasteiger partial charge < -0.3 is 10.2 Å². The van der Waals surface area contributed by atoms with Crippen LogP contribution in [0.25, 0.3) is 0 Å². The lowest BCUT2D eigenvalue weighted by atomic mass is 10.3. The van der Waals surface area contributed by atoms with Crippen LogP contribution in [0.5, 0.6) is 11.6 Å². The predicted octanol–water partition coefficient (Wildman–Crippen LogP) is 2.70. The number of aryl methyl sites for hydroxylation is 1. The van der Waals surface area contributed by atoms with Crippen LogP contribution in [-0.2, 0) is 6.42 Å². The maximum absolute atomic E-state index is 13.2. The van der Waals surface area contributed by atoms with Crippen LogP contribution in [0.4, 0.5) is 14.6 Å². The van der Waals surface area contributed by atoms with E-state index in [9.17, 15) is 8.78 Å². The highest BCUT2D eigenvalue weighted by Gasteiger charge is 2.12. The summed E-state index contributed by atoms with van der Waals surface area (Å²) in [6, 6.07) is 3.27. The first-order valence-electron chi connectivity index (χ1n) is 6.02. The molecule has 0 bridgehead atoms. The van der Waals surface area contributed by atoms with Crippen molar-refractivity contribution in [3.05, 3.63) is 41.2 Å². The van der Waals surface area contributed by atoms with E-state index < -0.39 is 11.6 Å². The summed E-state index contributed by atoms with van der Waals surface area (Å²) < 4.78 is 31.5. The van der Waals surface area contributed by atoms with E-state index in [4.69, 9.17) is 10.6 Å². The van der Waals surface area contributed by atoms with Crippen molar-refractivity contribution in [3.8, 4) is 11.6 Å². The van der Waals surface area contributed by atoms with E-state index in [1.165, 1.54) is 6.07 Å². The van der Waals surface area contributed by atoms with Crippen LogP contribution >= 0.6 is 0 Å². The molecule has 0 amide bonds. The standard InChI is InChI=1S/C13H14F2N4O/c1-3-11-17-12(19-16)7(2)13(18-11)20-8-4-5-9(14)10(15)6-8/h4-6H,3,16H2,1-2H3,(H,17,18,19). The first-order chi connectivity index (χ1) is 9.55. The van der Waals surface area contributed by atoms with Gasteiger partial charge in [-0.1, -0.05) is 6.92 Å². The van der Waals surface area contributed by atoms with Gasteiger partial charge in [-0.15, -0.1) is 0 Å². The van der Waals surface area contributed by atoms with Crippen molar-refractivity contribution in [1.29, 1.82) is 0 Å². The van der Waals surface area contributed by atoms with Gasteiger partial charge in [0, 0.05) is 12.5 Å². The predicted molar refractivity (Wildman–Crippen MR) is 70.4 cm³/mol. The monoisotopic (exact) mass is 280 g/mol. The Bertz CT molecular complexity index is 634. The number of benzene rings is 1. The van der Waals surface area contributed by atoms with Crippen molar-refractivity contribution in [3.63, 3.8) is 0 Å². The number of nitrogens with zero attached hydrogens (tertiary/aromatic N) is 2. The number of ether oxygens (including phenoxy) is 1. The Kier molecular flexibility index (Phi) is 4.09. The molecule has 3 N–H and O–H groups in total. The summed E-state index contributed by atoms with van der Waals surface area (Å²) in [6.07, 6.45) is 0.586. The van der Waals surface area contributed by atoms with Gasteiger partial charge in [-0.2, -0.15) is 4.98 Å². The molecule has 1 aromatic heterocycles. The van der Waals surface area contributed by atoms with Gasteiger partial charge in [0.1, 0.15) is 17.4 Å². The molecule has 0 aliphatic carbocycles. The largest absolute Gasteiger partial charge is 0.438 e. The van der Waals surface area contributed by atoms with Gasteiger partial charge in [0.2, 0.25) is 5.88 Å². The van der Waals surface area contributed by atoms with Gasteiger partial charge in [0.05, 0.1) is 5.56 Å². The van der Waals surface area contributed by atoms with E-state index in [1.54, 1.807) is 6.92 Å². The third-order valence-electron chi connectivity index (χ3n) is 2.71. The van der Waals surface area contributed by atoms with Crippen LogP contribution in [0, 0.1) is 18.6 Å². The topological polar surface area (TPSA) is 73.1 Å². The van der Waals surface area contributed by atoms with E-state index in [0.717, 1.165) is 12.1 Å². The first kappa shape index (κ1) is 14.1. The number of nitrogen functional groups attached to an aromatic ring is 1. The molecule has 0 spiro atoms. The number of hydrogen-bond acceptors (Lipinski definition) is 5. The number of hydrazine groups is 1. The van der Waals surface area contributed by atoms with E-state index in [-0.39, 0.29) is 11.6 Å². The molecule has 106 valence electrons. The lowest BCUT2D eigenvalue weighted by molar-refractivity contribution is 0.441. The van der Waals surface area contributed by atoms with Crippen molar-refractivity contribution in [1.82, 2.24) is 9.97 Å². The summed E-state index contributed by atoms with van der Waals surface area (Å²) in [5.41, 5.74) is 3.03. The minimum absolute atomic E-state index is 0.149. The molecule has 1 aromatic carbocycles. The summed E-state index contributed by atoms with van der Waals surface area (Å²) in [5, 5.41) is 0. The lowest BCUT2D eigenvalue weighted by Gasteiger charge is -2.12. The maximum Gasteiger partial charge on any atom is 0.227 e. The van der Waals surface area contributed by atoms with E-state index in [2.05, 4.69) is 15.4 Å². The molecule has 1 heterocycles. The number of anilines is 1. The summed E-state index contributed by atoms with van der Waals surface area (Å²) in [7, 11) is 0. The molecule has 20 heavy (non-hydrogen) atoms. The highest BCUT2D eigenvalue weighted by atomic mass is 19.2. The molecule has 0 aliphatic heterocycles. The average molecular weight is 280 g/mol. The van der Waals surface area contributed by atoms with Crippen LogP contribution in [0.3, 0.4) is 0 Å². The van der Waals surface area contributed by atoms with Crippen LogP contribution in [0.15, 0.2) is 18.2 Å². The van der Waals surface area contributed by atoms with Crippen molar-refractivity contribution in [2.75, 3.05) is 5.43 Å². The van der Waals surface area contributed by atoms with E-state index in [0.29, 0.717) is 23.6 Å². The third kappa shape index (κ3) is 2.83. The lowest BCUT2D eigenvalue weighted by Crippen LogP contribution is -2.13. The molecule has 0 saturated heterocycles. The molecule has 2 rings (SSSR count). The van der Waals surface area contributed by atoms with Gasteiger partial charge in [0.15, 0.2) is 11.6 Å². The smallest absolute Gasteiger partial charge is 0.227 e. The molecule has 0 fully saturated rings. The molecule has 5 nitrogen and oxygen atoms in total. The fourth-order valence-corrected chi connectivity index (χ4v) is 1.59. The molecule has 0 radical (unpaired) electrons. The molecule has 0 unspecified atom stereocenters. The molecule has 7 heteroatoms. The fourth-order valence-electron chi connectivity index (χ4n) is 1.59. The highest BCUT2D eigenvalue weighted by molar-refractivity contribution is 5.48. The van der Waals surface area contributed by atoms with E-state index >= 15 is 0 Å². The van der Waals surface area contributed by atoms with Crippen LogP contribution < -0.4 is 16.0 Å². The van der Waals surface area contributed by atoms with Gasteiger partial charge in [0.25, 0.3) is 0 Å². The maximum atomic E-state index is 13.2. The number of rotatable bonds is 4. The molecular formula is C13H14F2N4O. The average Bonchev–Trinajstić information content (AvgIpc) is 2.45. The highest BCUT2D eigenvalue weighted by Crippen LogP contribution is 2.27. The van der Waals surface area contributed by atoms with Crippen molar-refractivity contribution in [2.24, 2.45) is 5.84 Å². The summed E-state index contributed by atoms with van der Waals surface area (Å²) >= 11 is 0. The van der Waals surface area contributed by atoms with Crippen LogP contribution in [0.1, 0.15) is 18.3 Å². The molecule has 2 aromatic rings. The third-order valence-corrected chi connectivity index (χ3v) is 2.71. The second kappa shape index (κ2) is 5.79. The Morgan fingerprint density at radius 1 is 1.25 bits per heavy atom. The Labute approximate surface area is 114 Å². The first-order valence-corrected chi connectivity index (χ1v) is 6.02. The Hall–Kier alpha value is -2.28. The number of aromatic nitrogens is 2. The zero-order chi connectivity index (χ0) is 14.7. The molecule has 0 saturated carbocycles. The quantitative estimate of drug-likeness (QED) is 0.665. The van der Waals surface area contributed by atoms with Gasteiger partial charge in [-0.25, -0.2) is 19.6 Å². The Morgan fingerprint density at radius 3 is 2.60 bits per heavy atom. The molecule has 0 atom stereocenters. The zero-order valence-corrected chi connectivity index (χ0v) is 11.1. The minimum Gasteiger partial charge on any atom is -0.438 e. The SMILES string of the molecule is CCc1nc(NN)c(C)c(Oc2ccc(F)c(F)c2)n1. The number of nitrogens with one attached hydrogen (secondary N) is 1. The minimum atomic E-state index is -0.984. The van der Waals surface area contributed by atoms with Gasteiger partial charge >= 0.3 is 0 Å². The van der Waals surface area contributed by atoms with Crippen molar-refractivity contribution >= 4 is 5.82 Å². The number of hydrogen-bond donors (Lipinski definition) is 2. The normalized spacial score (nSPS) is 10.4. The van der Waals surface area contributed by atoms with E-state index in [1.807, 2.05) is 6.92 Å². The van der Waals surface area contributed by atoms with Crippen LogP contribution in [-0.4, -0.2) is 9.97 Å². The molecule has 0 aliphatic rings. The van der Waals surface area contributed by atoms with Crippen molar-refractivity contribution in [2.45, 2.75) is 20.3 Å². The van der Waals surface area contributed by atoms with Gasteiger partial charge in [-0.05, 0) is 19.1 Å². The molecular weight excluding hydrogens is 266 g/mol. The number of halogens is 2. The Balaban J connectivity index is 2.39. The zero-order valence-electron chi connectivity index (χ0n) is 11.1. The Morgan fingerprint density at radius 2 is 2.00 bits per heavy atom. The second-order valence-corrected chi connectivity index (χ2v) is 4.09. The number of nitrogens with two attached hydrogens (primary N) is 1. The summed E-state index contributed by atoms with van der Waals surface area (Å²) in [4.78, 5) is 8.38. The summed E-state index contributed by atoms with van der Waals surface area (Å²) in [6.45, 7) is 3.59. The second-order valence-electron chi connectivity index (χ2n) is 4.09. The van der Waals surface area contributed by atoms with Crippen LogP contribution in [0.2, 0.25) is 0 Å². The summed E-state index contributed by atoms with van der Waals surface area (Å²) in [5.74, 6) is 4.81.